The van der Waals surface area contributed by atoms with E-state index >= 15 is 0 Å². The Hall–Kier alpha value is -0.370. The number of ketones is 1. The molecule has 2 unspecified atom stereocenters. The molecule has 0 saturated heterocycles. The summed E-state index contributed by atoms with van der Waals surface area (Å²) < 4.78 is 0. The normalized spacial score (nSPS) is 27.1. The highest BCUT2D eigenvalue weighted by Gasteiger charge is 2.30. The maximum absolute atomic E-state index is 11.9. The molecule has 82 valence electrons. The molecule has 2 N–H and O–H groups in total. The lowest BCUT2D eigenvalue weighted by Gasteiger charge is -2.17. The number of nitrogens with two attached hydrogens (primary N) is 1. The van der Waals surface area contributed by atoms with Crippen molar-refractivity contribution < 1.29 is 4.79 Å². The van der Waals surface area contributed by atoms with Crippen molar-refractivity contribution in [2.45, 2.75) is 58.4 Å². The monoisotopic (exact) mass is 197 g/mol. The van der Waals surface area contributed by atoms with Gasteiger partial charge in [-0.2, -0.15) is 0 Å². The Morgan fingerprint density at radius 1 is 1.36 bits per heavy atom. The van der Waals surface area contributed by atoms with Gasteiger partial charge in [0.25, 0.3) is 0 Å². The van der Waals surface area contributed by atoms with Crippen molar-refractivity contribution in [2.75, 3.05) is 0 Å². The molecule has 0 spiro atoms. The molecule has 0 aromatic carbocycles. The highest BCUT2D eigenvalue weighted by Crippen LogP contribution is 2.27. The molecule has 0 aromatic heterocycles. The standard InChI is InChI=1S/C12H23NO/c1-3-9(4-2)8-12(14)10-6-5-7-11(10)13/h9-11H,3-8,13H2,1-2H3. The van der Waals surface area contributed by atoms with Gasteiger partial charge in [0.05, 0.1) is 0 Å². The van der Waals surface area contributed by atoms with Crippen LogP contribution in [0.2, 0.25) is 0 Å². The number of rotatable bonds is 5. The summed E-state index contributed by atoms with van der Waals surface area (Å²) in [6, 6.07) is 0.150. The molecule has 14 heavy (non-hydrogen) atoms. The van der Waals surface area contributed by atoms with Gasteiger partial charge in [-0.05, 0) is 18.8 Å². The summed E-state index contributed by atoms with van der Waals surface area (Å²) in [5, 5.41) is 0. The van der Waals surface area contributed by atoms with Crippen LogP contribution < -0.4 is 5.73 Å². The number of Topliss-reactive ketones (excluding diaryl/α,β-unsaturated/α-hetero) is 1. The predicted octanol–water partition coefficient (Wildman–Crippen LogP) is 2.51. The second-order valence-electron chi connectivity index (χ2n) is 4.55. The summed E-state index contributed by atoms with van der Waals surface area (Å²) in [6.45, 7) is 4.33. The van der Waals surface area contributed by atoms with Gasteiger partial charge in [-0.25, -0.2) is 0 Å². The zero-order valence-corrected chi connectivity index (χ0v) is 9.46. The van der Waals surface area contributed by atoms with Gasteiger partial charge >= 0.3 is 0 Å². The van der Waals surface area contributed by atoms with Crippen LogP contribution in [-0.4, -0.2) is 11.8 Å². The van der Waals surface area contributed by atoms with Gasteiger partial charge in [-0.15, -0.1) is 0 Å². The number of carbonyl (C=O) groups is 1. The second-order valence-corrected chi connectivity index (χ2v) is 4.55. The summed E-state index contributed by atoms with van der Waals surface area (Å²) in [5.41, 5.74) is 5.92. The van der Waals surface area contributed by atoms with Crippen LogP contribution >= 0.6 is 0 Å². The van der Waals surface area contributed by atoms with Crippen LogP contribution in [0.5, 0.6) is 0 Å². The third-order valence-corrected chi connectivity index (χ3v) is 3.63. The molecule has 0 heterocycles. The Labute approximate surface area is 87.2 Å². The summed E-state index contributed by atoms with van der Waals surface area (Å²) >= 11 is 0. The first-order valence-electron chi connectivity index (χ1n) is 5.97. The second kappa shape index (κ2) is 5.50. The molecule has 1 rings (SSSR count). The van der Waals surface area contributed by atoms with Crippen LogP contribution in [-0.2, 0) is 4.79 Å². The summed E-state index contributed by atoms with van der Waals surface area (Å²) in [4.78, 5) is 11.9. The van der Waals surface area contributed by atoms with Crippen LogP contribution in [0.3, 0.4) is 0 Å². The van der Waals surface area contributed by atoms with E-state index in [1.54, 1.807) is 0 Å². The Balaban J connectivity index is 2.40. The fraction of sp³-hybridized carbons (Fsp3) is 0.917. The molecule has 1 fully saturated rings. The van der Waals surface area contributed by atoms with Crippen molar-refractivity contribution in [2.24, 2.45) is 17.6 Å². The van der Waals surface area contributed by atoms with Crippen molar-refractivity contribution in [1.29, 1.82) is 0 Å². The molecule has 0 amide bonds. The lowest BCUT2D eigenvalue weighted by molar-refractivity contribution is -0.124. The third kappa shape index (κ3) is 2.81. The van der Waals surface area contributed by atoms with E-state index in [1.165, 1.54) is 0 Å². The maximum atomic E-state index is 11.9. The van der Waals surface area contributed by atoms with Crippen LogP contribution in [0.25, 0.3) is 0 Å². The molecule has 0 aliphatic heterocycles. The molecule has 1 aliphatic rings. The highest BCUT2D eigenvalue weighted by atomic mass is 16.1. The zero-order chi connectivity index (χ0) is 10.6. The average Bonchev–Trinajstić information content (AvgIpc) is 2.60. The van der Waals surface area contributed by atoms with E-state index in [2.05, 4.69) is 13.8 Å². The minimum absolute atomic E-state index is 0.150. The van der Waals surface area contributed by atoms with Gasteiger partial charge in [0.15, 0.2) is 0 Å². The lowest BCUT2D eigenvalue weighted by Crippen LogP contribution is -2.31. The van der Waals surface area contributed by atoms with Crippen molar-refractivity contribution in [1.82, 2.24) is 0 Å². The molecule has 2 nitrogen and oxygen atoms in total. The Bertz CT molecular complexity index is 187. The Morgan fingerprint density at radius 2 is 2.00 bits per heavy atom. The fourth-order valence-electron chi connectivity index (χ4n) is 2.40. The summed E-state index contributed by atoms with van der Waals surface area (Å²) in [6.07, 6.45) is 6.19. The molecule has 1 saturated carbocycles. The highest BCUT2D eigenvalue weighted by molar-refractivity contribution is 5.82. The lowest BCUT2D eigenvalue weighted by atomic mass is 9.89. The quantitative estimate of drug-likeness (QED) is 0.736. The van der Waals surface area contributed by atoms with Gasteiger partial charge in [0.1, 0.15) is 5.78 Å². The van der Waals surface area contributed by atoms with E-state index in [4.69, 9.17) is 5.73 Å². The predicted molar refractivity (Wildman–Crippen MR) is 59.0 cm³/mol. The molecule has 2 heteroatoms. The fourth-order valence-corrected chi connectivity index (χ4v) is 2.40. The van der Waals surface area contributed by atoms with Crippen LogP contribution in [0.15, 0.2) is 0 Å². The van der Waals surface area contributed by atoms with E-state index in [-0.39, 0.29) is 12.0 Å². The van der Waals surface area contributed by atoms with Crippen LogP contribution in [0.1, 0.15) is 52.4 Å². The minimum Gasteiger partial charge on any atom is -0.327 e. The van der Waals surface area contributed by atoms with E-state index in [9.17, 15) is 4.79 Å². The van der Waals surface area contributed by atoms with Gasteiger partial charge in [0.2, 0.25) is 0 Å². The van der Waals surface area contributed by atoms with Gasteiger partial charge in [0, 0.05) is 18.4 Å². The summed E-state index contributed by atoms with van der Waals surface area (Å²) in [5.74, 6) is 1.18. The smallest absolute Gasteiger partial charge is 0.137 e. The summed E-state index contributed by atoms with van der Waals surface area (Å²) in [7, 11) is 0. The van der Waals surface area contributed by atoms with Crippen molar-refractivity contribution in [3.05, 3.63) is 0 Å². The molecular weight excluding hydrogens is 174 g/mol. The van der Waals surface area contributed by atoms with Crippen molar-refractivity contribution >= 4 is 5.78 Å². The van der Waals surface area contributed by atoms with Crippen LogP contribution in [0.4, 0.5) is 0 Å². The van der Waals surface area contributed by atoms with Gasteiger partial charge in [-0.3, -0.25) is 4.79 Å². The molecule has 0 aromatic rings. The molecule has 0 radical (unpaired) electrons. The molecule has 0 bridgehead atoms. The van der Waals surface area contributed by atoms with Gasteiger partial charge < -0.3 is 5.73 Å². The maximum Gasteiger partial charge on any atom is 0.137 e. The Kier molecular flexibility index (Phi) is 4.59. The molecule has 1 aliphatic carbocycles. The van der Waals surface area contributed by atoms with E-state index in [0.29, 0.717) is 11.7 Å². The molecule has 2 atom stereocenters. The first-order valence-corrected chi connectivity index (χ1v) is 5.97. The van der Waals surface area contributed by atoms with E-state index in [1.807, 2.05) is 0 Å². The zero-order valence-electron chi connectivity index (χ0n) is 9.46. The van der Waals surface area contributed by atoms with Crippen LogP contribution in [0, 0.1) is 11.8 Å². The van der Waals surface area contributed by atoms with Gasteiger partial charge in [-0.1, -0.05) is 33.1 Å². The first kappa shape index (κ1) is 11.7. The topological polar surface area (TPSA) is 43.1 Å². The number of carbonyl (C=O) groups excluding carboxylic acids is 1. The third-order valence-electron chi connectivity index (χ3n) is 3.63. The van der Waals surface area contributed by atoms with E-state index < -0.39 is 0 Å². The van der Waals surface area contributed by atoms with E-state index in [0.717, 1.165) is 38.5 Å². The number of hydrogen-bond donors (Lipinski definition) is 1. The van der Waals surface area contributed by atoms with Crippen molar-refractivity contribution in [3.63, 3.8) is 0 Å². The minimum atomic E-state index is 0.150. The Morgan fingerprint density at radius 3 is 2.43 bits per heavy atom. The average molecular weight is 197 g/mol. The largest absolute Gasteiger partial charge is 0.327 e. The first-order chi connectivity index (χ1) is 6.69. The number of hydrogen-bond acceptors (Lipinski definition) is 2. The SMILES string of the molecule is CCC(CC)CC(=O)C1CCCC1N. The van der Waals surface area contributed by atoms with Crippen molar-refractivity contribution in [3.8, 4) is 0 Å². The molecular formula is C12H23NO.